The molecule has 0 rings (SSSR count). The van der Waals surface area contributed by atoms with Gasteiger partial charge in [0.2, 0.25) is 0 Å². The van der Waals surface area contributed by atoms with Crippen molar-refractivity contribution in [2.24, 2.45) is 5.92 Å². The zero-order chi connectivity index (χ0) is 10.4. The number of carboxylic acids is 3. The molecule has 0 aromatic heterocycles. The van der Waals surface area contributed by atoms with E-state index in [4.69, 9.17) is 15.3 Å². The van der Waals surface area contributed by atoms with E-state index in [-0.39, 0.29) is 0 Å². The summed E-state index contributed by atoms with van der Waals surface area (Å²) in [5.41, 5.74) is 0. The van der Waals surface area contributed by atoms with Crippen LogP contribution in [0.2, 0.25) is 0 Å². The summed E-state index contributed by atoms with van der Waals surface area (Å²) in [7, 11) is 0. The summed E-state index contributed by atoms with van der Waals surface area (Å²) in [5, 5.41) is 24.8. The van der Waals surface area contributed by atoms with Crippen molar-refractivity contribution in [2.45, 2.75) is 6.42 Å². The molecule has 0 bridgehead atoms. The Morgan fingerprint density at radius 2 is 1.69 bits per heavy atom. The predicted molar refractivity (Wildman–Crippen MR) is 40.2 cm³/mol. The summed E-state index contributed by atoms with van der Waals surface area (Å²) in [6.45, 7) is 0. The van der Waals surface area contributed by atoms with Gasteiger partial charge in [-0.2, -0.15) is 0 Å². The molecule has 0 aromatic carbocycles. The van der Waals surface area contributed by atoms with Crippen LogP contribution in [0.3, 0.4) is 0 Å². The van der Waals surface area contributed by atoms with Crippen LogP contribution in [0, 0.1) is 5.92 Å². The molecule has 0 saturated heterocycles. The van der Waals surface area contributed by atoms with Gasteiger partial charge in [0.05, 0.1) is 12.3 Å². The van der Waals surface area contributed by atoms with Crippen molar-refractivity contribution in [1.29, 1.82) is 0 Å². The quantitative estimate of drug-likeness (QED) is 0.515. The second kappa shape index (κ2) is 4.91. The van der Waals surface area contributed by atoms with Gasteiger partial charge in [-0.05, 0) is 0 Å². The summed E-state index contributed by atoms with van der Waals surface area (Å²) in [6, 6.07) is 0. The normalized spacial score (nSPS) is 12.6. The molecule has 0 aliphatic heterocycles. The first-order valence-electron chi connectivity index (χ1n) is 3.29. The molecule has 3 N–H and O–H groups in total. The monoisotopic (exact) mass is 188 g/mol. The topological polar surface area (TPSA) is 112 Å². The van der Waals surface area contributed by atoms with E-state index in [0.29, 0.717) is 6.08 Å². The van der Waals surface area contributed by atoms with Crippen molar-refractivity contribution in [3.8, 4) is 0 Å². The fourth-order valence-corrected chi connectivity index (χ4v) is 0.624. The van der Waals surface area contributed by atoms with E-state index >= 15 is 0 Å². The maximum Gasteiger partial charge on any atom is 0.328 e. The molecule has 6 nitrogen and oxygen atoms in total. The van der Waals surface area contributed by atoms with Crippen LogP contribution in [0.15, 0.2) is 12.2 Å². The fraction of sp³-hybridized carbons (Fsp3) is 0.286. The first kappa shape index (κ1) is 11.2. The van der Waals surface area contributed by atoms with Crippen molar-refractivity contribution in [1.82, 2.24) is 0 Å². The molecule has 0 aliphatic carbocycles. The van der Waals surface area contributed by atoms with Crippen LogP contribution in [-0.4, -0.2) is 33.2 Å². The Bertz CT molecular complexity index is 254. The molecule has 0 fully saturated rings. The van der Waals surface area contributed by atoms with Crippen LogP contribution in [-0.2, 0) is 14.4 Å². The molecular weight excluding hydrogens is 180 g/mol. The summed E-state index contributed by atoms with van der Waals surface area (Å²) < 4.78 is 0. The van der Waals surface area contributed by atoms with E-state index in [0.717, 1.165) is 6.08 Å². The minimum absolute atomic E-state index is 0.613. The molecule has 6 heteroatoms. The van der Waals surface area contributed by atoms with Crippen LogP contribution in [0.1, 0.15) is 6.42 Å². The average Bonchev–Trinajstić information content (AvgIpc) is 1.96. The van der Waals surface area contributed by atoms with Crippen LogP contribution >= 0.6 is 0 Å². The van der Waals surface area contributed by atoms with Crippen LogP contribution in [0.25, 0.3) is 0 Å². The largest absolute Gasteiger partial charge is 0.481 e. The van der Waals surface area contributed by atoms with Gasteiger partial charge in [-0.1, -0.05) is 6.08 Å². The Kier molecular flexibility index (Phi) is 4.21. The Morgan fingerprint density at radius 3 is 2.00 bits per heavy atom. The summed E-state index contributed by atoms with van der Waals surface area (Å²) in [4.78, 5) is 30.4. The molecule has 72 valence electrons. The Balaban J connectivity index is 4.35. The van der Waals surface area contributed by atoms with Crippen LogP contribution in [0.4, 0.5) is 0 Å². The molecule has 1 unspecified atom stereocenters. The zero-order valence-electron chi connectivity index (χ0n) is 6.51. The molecule has 0 heterocycles. The van der Waals surface area contributed by atoms with E-state index in [2.05, 4.69) is 0 Å². The molecule has 0 spiro atoms. The summed E-state index contributed by atoms with van der Waals surface area (Å²) in [6.07, 6.45) is 0.819. The third-order valence-electron chi connectivity index (χ3n) is 1.18. The van der Waals surface area contributed by atoms with Crippen molar-refractivity contribution in [3.63, 3.8) is 0 Å². The number of carboxylic acid groups (broad SMARTS) is 3. The first-order chi connectivity index (χ1) is 5.93. The van der Waals surface area contributed by atoms with Gasteiger partial charge in [-0.3, -0.25) is 9.59 Å². The number of carbonyl (C=O) groups is 3. The van der Waals surface area contributed by atoms with Crippen molar-refractivity contribution in [3.05, 3.63) is 12.2 Å². The third-order valence-corrected chi connectivity index (χ3v) is 1.18. The van der Waals surface area contributed by atoms with Gasteiger partial charge < -0.3 is 15.3 Å². The molecule has 0 amide bonds. The molecule has 1 atom stereocenters. The van der Waals surface area contributed by atoms with Crippen LogP contribution in [0.5, 0.6) is 0 Å². The first-order valence-corrected chi connectivity index (χ1v) is 3.29. The Labute approximate surface area is 73.1 Å². The van der Waals surface area contributed by atoms with Gasteiger partial charge >= 0.3 is 17.9 Å². The number of rotatable bonds is 5. The van der Waals surface area contributed by atoms with Gasteiger partial charge in [0, 0.05) is 6.08 Å². The molecule has 0 aromatic rings. The van der Waals surface area contributed by atoms with Gasteiger partial charge in [-0.15, -0.1) is 0 Å². The number of aliphatic carboxylic acids is 3. The van der Waals surface area contributed by atoms with E-state index in [1.54, 1.807) is 0 Å². The Hall–Kier alpha value is -1.85. The van der Waals surface area contributed by atoms with Gasteiger partial charge in [0.1, 0.15) is 0 Å². The second-order valence-electron chi connectivity index (χ2n) is 2.24. The second-order valence-corrected chi connectivity index (χ2v) is 2.24. The smallest absolute Gasteiger partial charge is 0.328 e. The molecule has 0 saturated carbocycles. The standard InChI is InChI=1S/C7H8O6/c8-5(9)2-1-4(7(12)13)3-6(10)11/h1-2,4H,3H2,(H,8,9)(H,10,11)(H,12,13)/b2-1-. The zero-order valence-corrected chi connectivity index (χ0v) is 6.51. The highest BCUT2D eigenvalue weighted by Gasteiger charge is 2.17. The van der Waals surface area contributed by atoms with Crippen LogP contribution < -0.4 is 0 Å². The maximum atomic E-state index is 10.3. The lowest BCUT2D eigenvalue weighted by atomic mass is 10.1. The molecule has 0 radical (unpaired) electrons. The SMILES string of the molecule is O=C(O)/C=C\C(CC(=O)O)C(=O)O. The minimum atomic E-state index is -1.36. The van der Waals surface area contributed by atoms with Crippen molar-refractivity contribution < 1.29 is 29.7 Å². The van der Waals surface area contributed by atoms with Gasteiger partial charge in [0.25, 0.3) is 0 Å². The minimum Gasteiger partial charge on any atom is -0.481 e. The fourth-order valence-electron chi connectivity index (χ4n) is 0.624. The van der Waals surface area contributed by atoms with E-state index in [1.165, 1.54) is 0 Å². The maximum absolute atomic E-state index is 10.3. The lowest BCUT2D eigenvalue weighted by Gasteiger charge is -2.01. The van der Waals surface area contributed by atoms with Gasteiger partial charge in [-0.25, -0.2) is 4.79 Å². The van der Waals surface area contributed by atoms with Crippen molar-refractivity contribution in [2.75, 3.05) is 0 Å². The van der Waals surface area contributed by atoms with E-state index in [1.807, 2.05) is 0 Å². The highest BCUT2D eigenvalue weighted by atomic mass is 16.4. The highest BCUT2D eigenvalue weighted by Crippen LogP contribution is 2.05. The third kappa shape index (κ3) is 5.42. The molecular formula is C7H8O6. The van der Waals surface area contributed by atoms with E-state index in [9.17, 15) is 14.4 Å². The van der Waals surface area contributed by atoms with Gasteiger partial charge in [0.15, 0.2) is 0 Å². The van der Waals surface area contributed by atoms with Crippen molar-refractivity contribution >= 4 is 17.9 Å². The lowest BCUT2D eigenvalue weighted by molar-refractivity contribution is -0.146. The number of hydrogen-bond acceptors (Lipinski definition) is 3. The molecule has 13 heavy (non-hydrogen) atoms. The average molecular weight is 188 g/mol. The van der Waals surface area contributed by atoms with E-state index < -0.39 is 30.2 Å². The number of hydrogen-bond donors (Lipinski definition) is 3. The highest BCUT2D eigenvalue weighted by molar-refractivity contribution is 5.83. The lowest BCUT2D eigenvalue weighted by Crippen LogP contribution is -2.15. The summed E-state index contributed by atoms with van der Waals surface area (Å²) >= 11 is 0. The predicted octanol–water partition coefficient (Wildman–Crippen LogP) is -0.197. The summed E-state index contributed by atoms with van der Waals surface area (Å²) in [5.74, 6) is -5.26. The molecule has 0 aliphatic rings. The Morgan fingerprint density at radius 1 is 1.15 bits per heavy atom.